The Bertz CT molecular complexity index is 855. The van der Waals surface area contributed by atoms with E-state index < -0.39 is 0 Å². The zero-order chi connectivity index (χ0) is 16.4. The zero-order valence-corrected chi connectivity index (χ0v) is 14.5. The molecule has 0 spiro atoms. The van der Waals surface area contributed by atoms with E-state index in [1.807, 2.05) is 49.0 Å². The van der Waals surface area contributed by atoms with E-state index in [-0.39, 0.29) is 5.91 Å². The predicted octanol–water partition coefficient (Wildman–Crippen LogP) is 3.00. The molecule has 0 fully saturated rings. The maximum absolute atomic E-state index is 12.2. The second-order valence-corrected chi connectivity index (χ2v) is 6.63. The molecule has 1 aromatic carbocycles. The fourth-order valence-corrected chi connectivity index (χ4v) is 3.61. The largest absolute Gasteiger partial charge is 0.350 e. The average molecular weight is 349 g/mol. The van der Waals surface area contributed by atoms with Crippen molar-refractivity contribution in [3.63, 3.8) is 0 Å². The van der Waals surface area contributed by atoms with E-state index in [1.54, 1.807) is 0 Å². The van der Waals surface area contributed by atoms with E-state index in [9.17, 15) is 4.79 Å². The van der Waals surface area contributed by atoms with Crippen LogP contribution in [-0.2, 0) is 0 Å². The highest BCUT2D eigenvalue weighted by Crippen LogP contribution is 2.30. The van der Waals surface area contributed by atoms with Crippen molar-refractivity contribution in [2.75, 3.05) is 20.1 Å². The molecule has 0 saturated carbocycles. The molecule has 0 aliphatic heterocycles. The van der Waals surface area contributed by atoms with Crippen molar-refractivity contribution in [2.24, 2.45) is 0 Å². The summed E-state index contributed by atoms with van der Waals surface area (Å²) in [6.45, 7) is 3.29. The van der Waals surface area contributed by atoms with Crippen LogP contribution in [0.3, 0.4) is 0 Å². The van der Waals surface area contributed by atoms with Gasteiger partial charge >= 0.3 is 0 Å². The fraction of sp³-hybridized carbons (Fsp3) is 0.250. The first-order chi connectivity index (χ1) is 11.1. The van der Waals surface area contributed by atoms with Crippen molar-refractivity contribution in [3.05, 3.63) is 45.9 Å². The van der Waals surface area contributed by atoms with Crippen LogP contribution in [0.2, 0.25) is 5.02 Å². The number of hydrogen-bond donors (Lipinski definition) is 2. The normalized spacial score (nSPS) is 11.1. The Kier molecular flexibility index (Phi) is 4.66. The summed E-state index contributed by atoms with van der Waals surface area (Å²) in [5.41, 5.74) is 1.78. The number of thiophene rings is 1. The molecule has 2 N–H and O–H groups in total. The molecule has 3 aromatic rings. The van der Waals surface area contributed by atoms with Gasteiger partial charge in [0.25, 0.3) is 5.91 Å². The number of amides is 1. The molecule has 0 radical (unpaired) electrons. The number of likely N-dealkylation sites (N-methyl/N-ethyl adjacent to an activating group) is 1. The number of nitrogens with one attached hydrogen (secondary N) is 2. The van der Waals surface area contributed by atoms with Crippen LogP contribution < -0.4 is 10.6 Å². The number of halogens is 1. The van der Waals surface area contributed by atoms with E-state index in [0.717, 1.165) is 28.1 Å². The lowest BCUT2D eigenvalue weighted by Crippen LogP contribution is -2.29. The summed E-state index contributed by atoms with van der Waals surface area (Å²) in [4.78, 5) is 13.9. The summed E-state index contributed by atoms with van der Waals surface area (Å²) in [7, 11) is 1.86. The molecule has 0 aliphatic carbocycles. The summed E-state index contributed by atoms with van der Waals surface area (Å²) >= 11 is 7.51. The molecular formula is C16H17ClN4OS. The predicted molar refractivity (Wildman–Crippen MR) is 95.0 cm³/mol. The molecule has 0 aliphatic rings. The summed E-state index contributed by atoms with van der Waals surface area (Å²) in [5.74, 6) is -0.0569. The highest BCUT2D eigenvalue weighted by molar-refractivity contribution is 7.20. The molecule has 2 heterocycles. The molecular weight excluding hydrogens is 332 g/mol. The molecule has 0 unspecified atom stereocenters. The monoisotopic (exact) mass is 348 g/mol. The molecule has 2 aromatic heterocycles. The molecule has 7 heteroatoms. The third-order valence-corrected chi connectivity index (χ3v) is 4.83. The summed E-state index contributed by atoms with van der Waals surface area (Å²) in [5, 5.41) is 12.1. The van der Waals surface area contributed by atoms with Gasteiger partial charge in [0.15, 0.2) is 0 Å². The van der Waals surface area contributed by atoms with Crippen LogP contribution in [0.4, 0.5) is 0 Å². The first-order valence-corrected chi connectivity index (χ1v) is 8.47. The van der Waals surface area contributed by atoms with Gasteiger partial charge in [0.1, 0.15) is 4.83 Å². The lowest BCUT2D eigenvalue weighted by molar-refractivity contribution is 0.0958. The Morgan fingerprint density at radius 2 is 2.17 bits per heavy atom. The molecule has 0 atom stereocenters. The third-order valence-electron chi connectivity index (χ3n) is 3.48. The molecule has 3 rings (SSSR count). The highest BCUT2D eigenvalue weighted by Gasteiger charge is 2.17. The molecule has 23 heavy (non-hydrogen) atoms. The number of rotatable bonds is 5. The minimum atomic E-state index is -0.0569. The Morgan fingerprint density at radius 3 is 2.91 bits per heavy atom. The van der Waals surface area contributed by atoms with Gasteiger partial charge in [-0.3, -0.25) is 4.79 Å². The summed E-state index contributed by atoms with van der Waals surface area (Å²) in [6, 6.07) is 9.43. The van der Waals surface area contributed by atoms with Crippen molar-refractivity contribution in [2.45, 2.75) is 6.92 Å². The first-order valence-electron chi connectivity index (χ1n) is 7.28. The standard InChI is InChI=1S/C16H17ClN4OS/c1-10-13-9-14(15(22)19-7-6-18-2)23-16(13)21(20-10)12-5-3-4-11(17)8-12/h3-5,8-9,18H,6-7H2,1-2H3,(H,19,22). The average Bonchev–Trinajstić information content (AvgIpc) is 3.08. The third kappa shape index (κ3) is 3.24. The minimum Gasteiger partial charge on any atom is -0.350 e. The smallest absolute Gasteiger partial charge is 0.261 e. The molecule has 5 nitrogen and oxygen atoms in total. The highest BCUT2D eigenvalue weighted by atomic mass is 35.5. The number of carbonyl (C=O) groups excluding carboxylic acids is 1. The van der Waals surface area contributed by atoms with Crippen molar-refractivity contribution in [3.8, 4) is 5.69 Å². The number of aryl methyl sites for hydroxylation is 1. The van der Waals surface area contributed by atoms with Gasteiger partial charge in [-0.2, -0.15) is 5.10 Å². The number of benzene rings is 1. The Hall–Kier alpha value is -1.89. The van der Waals surface area contributed by atoms with Gasteiger partial charge in [-0.05, 0) is 38.2 Å². The first kappa shape index (κ1) is 16.0. The quantitative estimate of drug-likeness (QED) is 0.697. The van der Waals surface area contributed by atoms with Gasteiger partial charge < -0.3 is 10.6 Å². The zero-order valence-electron chi connectivity index (χ0n) is 12.9. The van der Waals surface area contributed by atoms with Gasteiger partial charge in [0.05, 0.1) is 16.3 Å². The number of nitrogens with zero attached hydrogens (tertiary/aromatic N) is 2. The Labute approximate surface area is 143 Å². The molecule has 1 amide bonds. The van der Waals surface area contributed by atoms with E-state index >= 15 is 0 Å². The maximum atomic E-state index is 12.2. The van der Waals surface area contributed by atoms with Crippen LogP contribution in [0.5, 0.6) is 0 Å². The van der Waals surface area contributed by atoms with Gasteiger partial charge in [0.2, 0.25) is 0 Å². The van der Waals surface area contributed by atoms with Crippen LogP contribution in [0.15, 0.2) is 30.3 Å². The maximum Gasteiger partial charge on any atom is 0.261 e. The number of aromatic nitrogens is 2. The van der Waals surface area contributed by atoms with Crippen molar-refractivity contribution in [1.29, 1.82) is 0 Å². The van der Waals surface area contributed by atoms with Crippen molar-refractivity contribution >= 4 is 39.1 Å². The number of carbonyl (C=O) groups is 1. The van der Waals surface area contributed by atoms with Crippen LogP contribution in [0, 0.1) is 6.92 Å². The van der Waals surface area contributed by atoms with Crippen molar-refractivity contribution < 1.29 is 4.79 Å². The second kappa shape index (κ2) is 6.70. The Balaban J connectivity index is 1.97. The van der Waals surface area contributed by atoms with Crippen LogP contribution in [0.1, 0.15) is 15.4 Å². The fourth-order valence-electron chi connectivity index (χ4n) is 2.33. The number of hydrogen-bond acceptors (Lipinski definition) is 4. The minimum absolute atomic E-state index is 0.0569. The van der Waals surface area contributed by atoms with Gasteiger partial charge in [-0.15, -0.1) is 11.3 Å². The molecule has 0 bridgehead atoms. The van der Waals surface area contributed by atoms with Crippen molar-refractivity contribution in [1.82, 2.24) is 20.4 Å². The van der Waals surface area contributed by atoms with Crippen LogP contribution in [0.25, 0.3) is 15.9 Å². The van der Waals surface area contributed by atoms with Gasteiger partial charge in [-0.1, -0.05) is 17.7 Å². The van der Waals surface area contributed by atoms with E-state index in [0.29, 0.717) is 16.4 Å². The summed E-state index contributed by atoms with van der Waals surface area (Å²) in [6.07, 6.45) is 0. The second-order valence-electron chi connectivity index (χ2n) is 5.17. The molecule has 0 saturated heterocycles. The lowest BCUT2D eigenvalue weighted by atomic mass is 10.3. The van der Waals surface area contributed by atoms with E-state index in [2.05, 4.69) is 15.7 Å². The van der Waals surface area contributed by atoms with E-state index in [4.69, 9.17) is 11.6 Å². The SMILES string of the molecule is CNCCNC(=O)c1cc2c(C)nn(-c3cccc(Cl)c3)c2s1. The van der Waals surface area contributed by atoms with E-state index in [1.165, 1.54) is 11.3 Å². The van der Waals surface area contributed by atoms with Gasteiger partial charge in [0, 0.05) is 23.5 Å². The van der Waals surface area contributed by atoms with Crippen LogP contribution >= 0.6 is 22.9 Å². The topological polar surface area (TPSA) is 58.9 Å². The number of fused-ring (bicyclic) bond motifs is 1. The van der Waals surface area contributed by atoms with Gasteiger partial charge in [-0.25, -0.2) is 4.68 Å². The lowest BCUT2D eigenvalue weighted by Gasteiger charge is -2.03. The van der Waals surface area contributed by atoms with Crippen LogP contribution in [-0.4, -0.2) is 35.8 Å². The Morgan fingerprint density at radius 1 is 1.35 bits per heavy atom. The summed E-state index contributed by atoms with van der Waals surface area (Å²) < 4.78 is 1.84. The molecule has 120 valence electrons.